The van der Waals surface area contributed by atoms with Crippen molar-refractivity contribution in [1.82, 2.24) is 9.13 Å². The SMILES string of the molecule is CC1(C)c2ccccc2-c2cccc(-c3ccc(-n4c5ccccc5c5cc(-c6ccc7c(c6)c6ccccc6n7-c6ccccc6)ccc54)cc3)c21. The van der Waals surface area contributed by atoms with Crippen molar-refractivity contribution in [3.8, 4) is 44.8 Å². The van der Waals surface area contributed by atoms with Crippen molar-refractivity contribution >= 4 is 43.6 Å². The van der Waals surface area contributed by atoms with Gasteiger partial charge >= 0.3 is 0 Å². The highest BCUT2D eigenvalue weighted by Gasteiger charge is 2.37. The van der Waals surface area contributed by atoms with Gasteiger partial charge in [-0.15, -0.1) is 0 Å². The van der Waals surface area contributed by atoms with E-state index in [1.165, 1.54) is 93.8 Å². The summed E-state index contributed by atoms with van der Waals surface area (Å²) >= 11 is 0. The van der Waals surface area contributed by atoms with Crippen molar-refractivity contribution in [1.29, 1.82) is 0 Å². The first-order valence-corrected chi connectivity index (χ1v) is 18.5. The molecule has 2 heteroatoms. The Morgan fingerprint density at radius 1 is 0.340 bits per heavy atom. The molecular formula is C51H36N2. The van der Waals surface area contributed by atoms with Crippen LogP contribution >= 0.6 is 0 Å². The van der Waals surface area contributed by atoms with Gasteiger partial charge in [-0.2, -0.15) is 0 Å². The van der Waals surface area contributed by atoms with Crippen molar-refractivity contribution in [3.63, 3.8) is 0 Å². The first-order chi connectivity index (χ1) is 26.1. The van der Waals surface area contributed by atoms with E-state index in [2.05, 4.69) is 205 Å². The minimum atomic E-state index is -0.0603. The molecule has 0 saturated heterocycles. The second-order valence-corrected chi connectivity index (χ2v) is 15.0. The molecule has 0 fully saturated rings. The standard InChI is InChI=1S/C51H36N2/c1-51(2)45-20-9-6-15-39(45)42-19-12-18-38(50(42)51)33-23-27-37(28-24-33)53-47-22-11-8-17-41(47)44-32-35(26-30-49(44)53)34-25-29-48-43(31-34)40-16-7-10-21-46(40)52(48)36-13-4-3-5-14-36/h3-32H,1-2H3. The monoisotopic (exact) mass is 676 g/mol. The Labute approximate surface area is 308 Å². The van der Waals surface area contributed by atoms with Gasteiger partial charge in [-0.3, -0.25) is 0 Å². The molecule has 0 aliphatic heterocycles. The van der Waals surface area contributed by atoms with Crippen LogP contribution in [0.5, 0.6) is 0 Å². The third kappa shape index (κ3) is 4.33. The van der Waals surface area contributed by atoms with Crippen molar-refractivity contribution in [2.24, 2.45) is 0 Å². The van der Waals surface area contributed by atoms with E-state index in [-0.39, 0.29) is 5.41 Å². The first-order valence-electron chi connectivity index (χ1n) is 18.5. The van der Waals surface area contributed by atoms with Gasteiger partial charge in [0.05, 0.1) is 22.1 Å². The van der Waals surface area contributed by atoms with Gasteiger partial charge in [0.2, 0.25) is 0 Å². The van der Waals surface area contributed by atoms with Crippen LogP contribution in [-0.2, 0) is 5.41 Å². The van der Waals surface area contributed by atoms with Crippen molar-refractivity contribution < 1.29 is 0 Å². The lowest BCUT2D eigenvalue weighted by Crippen LogP contribution is -2.16. The molecule has 1 aliphatic carbocycles. The van der Waals surface area contributed by atoms with Crippen molar-refractivity contribution in [2.75, 3.05) is 0 Å². The first kappa shape index (κ1) is 30.0. The Hall–Kier alpha value is -6.64. The Morgan fingerprint density at radius 3 is 1.45 bits per heavy atom. The number of fused-ring (bicyclic) bond motifs is 9. The Bertz CT molecular complexity index is 3060. The third-order valence-electron chi connectivity index (χ3n) is 11.7. The quantitative estimate of drug-likeness (QED) is 0.176. The zero-order valence-electron chi connectivity index (χ0n) is 29.7. The molecule has 0 amide bonds. The van der Waals surface area contributed by atoms with Gasteiger partial charge < -0.3 is 9.13 Å². The Morgan fingerprint density at radius 2 is 0.811 bits per heavy atom. The van der Waals surface area contributed by atoms with E-state index >= 15 is 0 Å². The van der Waals surface area contributed by atoms with Crippen LogP contribution in [0.1, 0.15) is 25.0 Å². The molecular weight excluding hydrogens is 641 g/mol. The zero-order chi connectivity index (χ0) is 35.3. The Balaban J connectivity index is 1.02. The van der Waals surface area contributed by atoms with Gasteiger partial charge in [0, 0.05) is 38.3 Å². The fourth-order valence-electron chi connectivity index (χ4n) is 9.32. The van der Waals surface area contributed by atoms with E-state index < -0.39 is 0 Å². The van der Waals surface area contributed by atoms with E-state index in [1.807, 2.05) is 0 Å². The summed E-state index contributed by atoms with van der Waals surface area (Å²) in [6, 6.07) is 67.0. The van der Waals surface area contributed by atoms with E-state index in [0.717, 1.165) is 5.69 Å². The van der Waals surface area contributed by atoms with Gasteiger partial charge in [0.25, 0.3) is 0 Å². The number of hydrogen-bond acceptors (Lipinski definition) is 0. The summed E-state index contributed by atoms with van der Waals surface area (Å²) in [5.74, 6) is 0. The molecule has 250 valence electrons. The van der Waals surface area contributed by atoms with Gasteiger partial charge in [-0.1, -0.05) is 135 Å². The summed E-state index contributed by atoms with van der Waals surface area (Å²) in [6.45, 7) is 4.73. The predicted octanol–water partition coefficient (Wildman–Crippen LogP) is 13.5. The number of para-hydroxylation sites is 3. The average molecular weight is 677 g/mol. The summed E-state index contributed by atoms with van der Waals surface area (Å²) in [6.07, 6.45) is 0. The lowest BCUT2D eigenvalue weighted by atomic mass is 9.79. The van der Waals surface area contributed by atoms with Gasteiger partial charge in [0.15, 0.2) is 0 Å². The van der Waals surface area contributed by atoms with Crippen LogP contribution in [0.25, 0.3) is 88.4 Å². The smallest absolute Gasteiger partial charge is 0.0541 e. The fourth-order valence-corrected chi connectivity index (χ4v) is 9.32. The van der Waals surface area contributed by atoms with E-state index in [9.17, 15) is 0 Å². The molecule has 0 bridgehead atoms. The molecule has 0 radical (unpaired) electrons. The minimum Gasteiger partial charge on any atom is -0.309 e. The summed E-state index contributed by atoms with van der Waals surface area (Å²) in [5, 5.41) is 5.05. The molecule has 0 atom stereocenters. The summed E-state index contributed by atoms with van der Waals surface area (Å²) in [7, 11) is 0. The number of aromatic nitrogens is 2. The molecule has 10 aromatic rings. The molecule has 2 nitrogen and oxygen atoms in total. The molecule has 11 rings (SSSR count). The second kappa shape index (κ2) is 11.2. The average Bonchev–Trinajstić information content (AvgIpc) is 3.81. The molecule has 0 N–H and O–H groups in total. The molecule has 2 heterocycles. The largest absolute Gasteiger partial charge is 0.309 e. The number of hydrogen-bond donors (Lipinski definition) is 0. The van der Waals surface area contributed by atoms with Crippen molar-refractivity contribution in [3.05, 3.63) is 193 Å². The van der Waals surface area contributed by atoms with Gasteiger partial charge in [-0.05, 0) is 105 Å². The highest BCUT2D eigenvalue weighted by atomic mass is 15.0. The summed E-state index contributed by atoms with van der Waals surface area (Å²) < 4.78 is 4.80. The number of nitrogens with zero attached hydrogens (tertiary/aromatic N) is 2. The molecule has 2 aromatic heterocycles. The van der Waals surface area contributed by atoms with Crippen LogP contribution in [-0.4, -0.2) is 9.13 Å². The fraction of sp³-hybridized carbons (Fsp3) is 0.0588. The normalized spacial score (nSPS) is 13.2. The molecule has 1 aliphatic rings. The second-order valence-electron chi connectivity index (χ2n) is 15.0. The van der Waals surface area contributed by atoms with Crippen LogP contribution in [0.2, 0.25) is 0 Å². The minimum absolute atomic E-state index is 0.0603. The molecule has 53 heavy (non-hydrogen) atoms. The lowest BCUT2D eigenvalue weighted by Gasteiger charge is -2.24. The van der Waals surface area contributed by atoms with Crippen LogP contribution < -0.4 is 0 Å². The van der Waals surface area contributed by atoms with Crippen LogP contribution in [0.3, 0.4) is 0 Å². The third-order valence-corrected chi connectivity index (χ3v) is 11.7. The molecule has 0 unspecified atom stereocenters. The topological polar surface area (TPSA) is 9.86 Å². The molecule has 0 spiro atoms. The lowest BCUT2D eigenvalue weighted by molar-refractivity contribution is 0.662. The van der Waals surface area contributed by atoms with Crippen LogP contribution in [0.15, 0.2) is 182 Å². The summed E-state index contributed by atoms with van der Waals surface area (Å²) in [5.41, 5.74) is 17.7. The summed E-state index contributed by atoms with van der Waals surface area (Å²) in [4.78, 5) is 0. The van der Waals surface area contributed by atoms with Crippen LogP contribution in [0.4, 0.5) is 0 Å². The maximum atomic E-state index is 2.42. The molecule has 0 saturated carbocycles. The number of benzene rings is 8. The van der Waals surface area contributed by atoms with Gasteiger partial charge in [-0.25, -0.2) is 0 Å². The maximum absolute atomic E-state index is 2.42. The highest BCUT2D eigenvalue weighted by molar-refractivity contribution is 6.12. The Kier molecular flexibility index (Phi) is 6.33. The van der Waals surface area contributed by atoms with Crippen LogP contribution in [0, 0.1) is 0 Å². The predicted molar refractivity (Wildman–Crippen MR) is 224 cm³/mol. The van der Waals surface area contributed by atoms with E-state index in [0.29, 0.717) is 0 Å². The number of rotatable bonds is 4. The maximum Gasteiger partial charge on any atom is 0.0541 e. The molecule has 8 aromatic carbocycles. The van der Waals surface area contributed by atoms with Gasteiger partial charge in [0.1, 0.15) is 0 Å². The highest BCUT2D eigenvalue weighted by Crippen LogP contribution is 2.52. The van der Waals surface area contributed by atoms with Crippen molar-refractivity contribution in [2.45, 2.75) is 19.3 Å². The van der Waals surface area contributed by atoms with E-state index in [4.69, 9.17) is 0 Å². The zero-order valence-corrected chi connectivity index (χ0v) is 29.7. The van der Waals surface area contributed by atoms with E-state index in [1.54, 1.807) is 0 Å².